The lowest BCUT2D eigenvalue weighted by molar-refractivity contribution is -0.136. The van der Waals surface area contributed by atoms with Crippen LogP contribution in [0.2, 0.25) is 0 Å². The molecule has 0 bridgehead atoms. The molecule has 3 fully saturated rings. The maximum atomic E-state index is 12.7. The quantitative estimate of drug-likeness (QED) is 0.807. The fourth-order valence-corrected chi connectivity index (χ4v) is 4.33. The topological polar surface area (TPSA) is 49.4 Å². The van der Waals surface area contributed by atoms with E-state index in [2.05, 4.69) is 17.1 Å². The molecule has 4 heteroatoms. The monoisotopic (exact) mass is 292 g/mol. The molecule has 2 saturated heterocycles. The zero-order valence-corrected chi connectivity index (χ0v) is 13.2. The highest BCUT2D eigenvalue weighted by Gasteiger charge is 2.40. The Bertz CT molecular complexity index is 415. The van der Waals surface area contributed by atoms with Crippen LogP contribution in [0.3, 0.4) is 0 Å². The van der Waals surface area contributed by atoms with Crippen LogP contribution in [0.5, 0.6) is 0 Å². The maximum Gasteiger partial charge on any atom is 0.225 e. The second kappa shape index (κ2) is 5.98. The van der Waals surface area contributed by atoms with Crippen molar-refractivity contribution in [3.63, 3.8) is 0 Å². The number of amides is 2. The molecular weight excluding hydrogens is 264 g/mol. The summed E-state index contributed by atoms with van der Waals surface area (Å²) < 4.78 is 0. The van der Waals surface area contributed by atoms with Gasteiger partial charge in [-0.3, -0.25) is 9.59 Å². The van der Waals surface area contributed by atoms with Gasteiger partial charge >= 0.3 is 0 Å². The van der Waals surface area contributed by atoms with Gasteiger partial charge in [0, 0.05) is 31.0 Å². The molecule has 1 aliphatic carbocycles. The van der Waals surface area contributed by atoms with E-state index in [-0.39, 0.29) is 17.4 Å². The maximum absolute atomic E-state index is 12.7. The molecule has 3 aliphatic rings. The van der Waals surface area contributed by atoms with Crippen LogP contribution in [0, 0.1) is 11.8 Å². The summed E-state index contributed by atoms with van der Waals surface area (Å²) in [5.74, 6) is 1.61. The summed E-state index contributed by atoms with van der Waals surface area (Å²) in [5, 5.41) is 3.18. The Kier molecular flexibility index (Phi) is 4.23. The molecule has 21 heavy (non-hydrogen) atoms. The SMILES string of the molecule is CC1CCC(C(=O)N2CCCC3(CCC(=O)N3)CC2)CC1. The lowest BCUT2D eigenvalue weighted by Crippen LogP contribution is -2.43. The van der Waals surface area contributed by atoms with Gasteiger partial charge in [0.2, 0.25) is 11.8 Å². The molecule has 0 aromatic rings. The summed E-state index contributed by atoms with van der Waals surface area (Å²) in [5.41, 5.74) is -0.00675. The van der Waals surface area contributed by atoms with Crippen LogP contribution in [0.1, 0.15) is 64.7 Å². The summed E-state index contributed by atoms with van der Waals surface area (Å²) >= 11 is 0. The smallest absolute Gasteiger partial charge is 0.225 e. The van der Waals surface area contributed by atoms with Gasteiger partial charge in [0.05, 0.1) is 0 Å². The number of hydrogen-bond acceptors (Lipinski definition) is 2. The standard InChI is InChI=1S/C17H28N2O2/c1-13-3-5-14(6-4-13)16(21)19-11-2-8-17(10-12-19)9-7-15(20)18-17/h13-14H,2-12H2,1H3,(H,18,20). The first-order valence-electron chi connectivity index (χ1n) is 8.68. The molecule has 118 valence electrons. The zero-order valence-electron chi connectivity index (χ0n) is 13.2. The summed E-state index contributed by atoms with van der Waals surface area (Å²) in [6, 6.07) is 0. The molecule has 4 nitrogen and oxygen atoms in total. The summed E-state index contributed by atoms with van der Waals surface area (Å²) in [4.78, 5) is 26.3. The second-order valence-corrected chi connectivity index (χ2v) is 7.46. The van der Waals surface area contributed by atoms with Crippen LogP contribution in [-0.4, -0.2) is 35.3 Å². The van der Waals surface area contributed by atoms with Crippen LogP contribution >= 0.6 is 0 Å². The molecule has 2 amide bonds. The molecule has 1 atom stereocenters. The lowest BCUT2D eigenvalue weighted by Gasteiger charge is -2.31. The average Bonchev–Trinajstić information content (AvgIpc) is 2.71. The summed E-state index contributed by atoms with van der Waals surface area (Å²) in [6.07, 6.45) is 9.14. The van der Waals surface area contributed by atoms with Crippen molar-refractivity contribution in [1.82, 2.24) is 10.2 Å². The highest BCUT2D eigenvalue weighted by molar-refractivity contribution is 5.80. The molecule has 1 saturated carbocycles. The van der Waals surface area contributed by atoms with Crippen molar-refractivity contribution in [3.8, 4) is 0 Å². The number of likely N-dealkylation sites (tertiary alicyclic amines) is 1. The largest absolute Gasteiger partial charge is 0.351 e. The number of hydrogen-bond donors (Lipinski definition) is 1. The molecule has 3 rings (SSSR count). The van der Waals surface area contributed by atoms with Gasteiger partial charge in [-0.25, -0.2) is 0 Å². The second-order valence-electron chi connectivity index (χ2n) is 7.46. The van der Waals surface area contributed by atoms with E-state index >= 15 is 0 Å². The highest BCUT2D eigenvalue weighted by atomic mass is 16.2. The van der Waals surface area contributed by atoms with Crippen molar-refractivity contribution in [3.05, 3.63) is 0 Å². The third-order valence-corrected chi connectivity index (χ3v) is 5.86. The van der Waals surface area contributed by atoms with E-state index in [1.807, 2.05) is 0 Å². The fourth-order valence-electron chi connectivity index (χ4n) is 4.33. The Balaban J connectivity index is 1.57. The van der Waals surface area contributed by atoms with Gasteiger partial charge in [-0.15, -0.1) is 0 Å². The zero-order chi connectivity index (χ0) is 14.9. The molecule has 0 radical (unpaired) electrons. The number of nitrogens with zero attached hydrogens (tertiary/aromatic N) is 1. The lowest BCUT2D eigenvalue weighted by atomic mass is 9.82. The van der Waals surface area contributed by atoms with E-state index in [0.29, 0.717) is 12.3 Å². The number of rotatable bonds is 1. The average molecular weight is 292 g/mol. The minimum atomic E-state index is -0.00675. The van der Waals surface area contributed by atoms with E-state index in [4.69, 9.17) is 0 Å². The minimum Gasteiger partial charge on any atom is -0.351 e. The predicted molar refractivity (Wildman–Crippen MR) is 81.7 cm³/mol. The molecule has 2 aliphatic heterocycles. The Morgan fingerprint density at radius 3 is 2.57 bits per heavy atom. The fraction of sp³-hybridized carbons (Fsp3) is 0.882. The molecule has 1 spiro atoms. The van der Waals surface area contributed by atoms with Crippen LogP contribution in [0.15, 0.2) is 0 Å². The van der Waals surface area contributed by atoms with Crippen LogP contribution in [-0.2, 0) is 9.59 Å². The molecule has 2 heterocycles. The Labute approximate surface area is 127 Å². The van der Waals surface area contributed by atoms with Gasteiger partial charge in [-0.1, -0.05) is 6.92 Å². The molecule has 0 aromatic carbocycles. The molecule has 0 aromatic heterocycles. The van der Waals surface area contributed by atoms with E-state index in [9.17, 15) is 9.59 Å². The van der Waals surface area contributed by atoms with E-state index < -0.39 is 0 Å². The van der Waals surface area contributed by atoms with Gasteiger partial charge in [-0.05, 0) is 57.3 Å². The van der Waals surface area contributed by atoms with Gasteiger partial charge < -0.3 is 10.2 Å². The first-order valence-corrected chi connectivity index (χ1v) is 8.68. The Morgan fingerprint density at radius 2 is 1.90 bits per heavy atom. The van der Waals surface area contributed by atoms with Crippen molar-refractivity contribution in [1.29, 1.82) is 0 Å². The highest BCUT2D eigenvalue weighted by Crippen LogP contribution is 2.34. The predicted octanol–water partition coefficient (Wildman–Crippen LogP) is 2.47. The van der Waals surface area contributed by atoms with E-state index in [1.165, 1.54) is 12.8 Å². The van der Waals surface area contributed by atoms with Crippen LogP contribution < -0.4 is 5.32 Å². The molecule has 1 unspecified atom stereocenters. The Morgan fingerprint density at radius 1 is 1.14 bits per heavy atom. The number of carbonyl (C=O) groups is 2. The third-order valence-electron chi connectivity index (χ3n) is 5.86. The third kappa shape index (κ3) is 3.24. The first-order chi connectivity index (χ1) is 10.1. The first kappa shape index (κ1) is 14.9. The van der Waals surface area contributed by atoms with Crippen molar-refractivity contribution < 1.29 is 9.59 Å². The van der Waals surface area contributed by atoms with Gasteiger partial charge in [0.1, 0.15) is 0 Å². The molecule has 1 N–H and O–H groups in total. The normalized spacial score (nSPS) is 37.4. The van der Waals surface area contributed by atoms with Crippen molar-refractivity contribution in [2.24, 2.45) is 11.8 Å². The number of nitrogens with one attached hydrogen (secondary N) is 1. The van der Waals surface area contributed by atoms with Crippen LogP contribution in [0.25, 0.3) is 0 Å². The minimum absolute atomic E-state index is 0.00675. The Hall–Kier alpha value is -1.06. The van der Waals surface area contributed by atoms with E-state index in [1.54, 1.807) is 0 Å². The van der Waals surface area contributed by atoms with Crippen molar-refractivity contribution >= 4 is 11.8 Å². The number of carbonyl (C=O) groups excluding carboxylic acids is 2. The van der Waals surface area contributed by atoms with Gasteiger partial charge in [0.25, 0.3) is 0 Å². The molecular formula is C17H28N2O2. The summed E-state index contributed by atoms with van der Waals surface area (Å²) in [7, 11) is 0. The van der Waals surface area contributed by atoms with Crippen molar-refractivity contribution in [2.75, 3.05) is 13.1 Å². The summed E-state index contributed by atoms with van der Waals surface area (Å²) in [6.45, 7) is 3.99. The van der Waals surface area contributed by atoms with Gasteiger partial charge in [-0.2, -0.15) is 0 Å². The van der Waals surface area contributed by atoms with E-state index in [0.717, 1.165) is 57.5 Å². The van der Waals surface area contributed by atoms with Gasteiger partial charge in [0.15, 0.2) is 0 Å². The van der Waals surface area contributed by atoms with Crippen molar-refractivity contribution in [2.45, 2.75) is 70.3 Å². The van der Waals surface area contributed by atoms with Crippen LogP contribution in [0.4, 0.5) is 0 Å².